The summed E-state index contributed by atoms with van der Waals surface area (Å²) in [6, 6.07) is 4.00. The topological polar surface area (TPSA) is 76.4 Å². The van der Waals surface area contributed by atoms with Crippen molar-refractivity contribution in [2.24, 2.45) is 5.92 Å². The van der Waals surface area contributed by atoms with Crippen molar-refractivity contribution in [3.8, 4) is 6.07 Å². The van der Waals surface area contributed by atoms with Gasteiger partial charge >= 0.3 is 0 Å². The van der Waals surface area contributed by atoms with Gasteiger partial charge in [0, 0.05) is 57.5 Å². The molecule has 2 aliphatic rings. The van der Waals surface area contributed by atoms with Crippen LogP contribution in [0.15, 0.2) is 18.5 Å². The number of carbonyl (C=O) groups excluding carboxylic acids is 1. The molecule has 1 aromatic heterocycles. The Bertz CT molecular complexity index is 570. The molecule has 128 valence electrons. The lowest BCUT2D eigenvalue weighted by Crippen LogP contribution is -2.52. The zero-order valence-corrected chi connectivity index (χ0v) is 14.0. The summed E-state index contributed by atoms with van der Waals surface area (Å²) in [7, 11) is 0. The number of piperidine rings is 1. The number of carbonyl (C=O) groups is 1. The van der Waals surface area contributed by atoms with Crippen LogP contribution >= 0.6 is 0 Å². The van der Waals surface area contributed by atoms with E-state index in [4.69, 9.17) is 5.26 Å². The summed E-state index contributed by atoms with van der Waals surface area (Å²) in [6.07, 6.45) is 5.89. The number of hydrogen-bond donors (Lipinski definition) is 0. The summed E-state index contributed by atoms with van der Waals surface area (Å²) in [5.41, 5.74) is 0. The highest BCUT2D eigenvalue weighted by atomic mass is 16.2. The summed E-state index contributed by atoms with van der Waals surface area (Å²) in [5, 5.41) is 8.66. The molecule has 1 amide bonds. The van der Waals surface area contributed by atoms with Gasteiger partial charge in [0.05, 0.1) is 6.07 Å². The minimum absolute atomic E-state index is 0.142. The number of nitrogens with zero attached hydrogens (tertiary/aromatic N) is 6. The molecule has 0 bridgehead atoms. The first-order valence-corrected chi connectivity index (χ1v) is 8.68. The van der Waals surface area contributed by atoms with E-state index in [9.17, 15) is 4.79 Å². The number of rotatable bonds is 4. The number of hydrogen-bond acceptors (Lipinski definition) is 6. The Labute approximate surface area is 142 Å². The molecule has 0 radical (unpaired) electrons. The van der Waals surface area contributed by atoms with Gasteiger partial charge < -0.3 is 14.7 Å². The molecule has 24 heavy (non-hydrogen) atoms. The second kappa shape index (κ2) is 8.06. The molecular formula is C17H24N6O. The van der Waals surface area contributed by atoms with E-state index in [0.717, 1.165) is 64.6 Å². The number of amides is 1. The summed E-state index contributed by atoms with van der Waals surface area (Å²) < 4.78 is 0. The highest BCUT2D eigenvalue weighted by molar-refractivity contribution is 5.79. The molecule has 2 aliphatic heterocycles. The highest BCUT2D eigenvalue weighted by Crippen LogP contribution is 2.21. The zero-order valence-electron chi connectivity index (χ0n) is 14.0. The average molecular weight is 328 g/mol. The third-order valence-electron chi connectivity index (χ3n) is 4.90. The van der Waals surface area contributed by atoms with Gasteiger partial charge in [-0.25, -0.2) is 9.97 Å². The molecule has 0 aromatic carbocycles. The van der Waals surface area contributed by atoms with Gasteiger partial charge in [-0.15, -0.1) is 0 Å². The largest absolute Gasteiger partial charge is 0.339 e. The van der Waals surface area contributed by atoms with E-state index in [-0.39, 0.29) is 5.92 Å². The van der Waals surface area contributed by atoms with E-state index in [1.165, 1.54) is 0 Å². The van der Waals surface area contributed by atoms with E-state index >= 15 is 0 Å². The Morgan fingerprint density at radius 1 is 1.12 bits per heavy atom. The fourth-order valence-corrected chi connectivity index (χ4v) is 3.45. The summed E-state index contributed by atoms with van der Waals surface area (Å²) >= 11 is 0. The van der Waals surface area contributed by atoms with Crippen molar-refractivity contribution in [3.05, 3.63) is 18.5 Å². The molecule has 0 saturated carbocycles. The van der Waals surface area contributed by atoms with Gasteiger partial charge in [0.25, 0.3) is 0 Å². The maximum atomic E-state index is 12.7. The first kappa shape index (κ1) is 16.7. The van der Waals surface area contributed by atoms with Gasteiger partial charge in [-0.2, -0.15) is 5.26 Å². The molecule has 0 aliphatic carbocycles. The lowest BCUT2D eigenvalue weighted by atomic mass is 9.95. The number of aromatic nitrogens is 2. The molecular weight excluding hydrogens is 304 g/mol. The second-order valence-corrected chi connectivity index (χ2v) is 6.39. The molecule has 2 saturated heterocycles. The molecule has 3 heterocycles. The summed E-state index contributed by atoms with van der Waals surface area (Å²) in [6.45, 7) is 5.74. The van der Waals surface area contributed by atoms with Crippen LogP contribution in [0.25, 0.3) is 0 Å². The lowest BCUT2D eigenvalue weighted by Gasteiger charge is -2.38. The van der Waals surface area contributed by atoms with Crippen LogP contribution in [0.1, 0.15) is 19.3 Å². The first-order valence-electron chi connectivity index (χ1n) is 8.68. The monoisotopic (exact) mass is 328 g/mol. The maximum Gasteiger partial charge on any atom is 0.225 e. The molecule has 0 atom stereocenters. The fourth-order valence-electron chi connectivity index (χ4n) is 3.45. The third kappa shape index (κ3) is 4.01. The van der Waals surface area contributed by atoms with Crippen LogP contribution in [0.2, 0.25) is 0 Å². The quantitative estimate of drug-likeness (QED) is 0.812. The summed E-state index contributed by atoms with van der Waals surface area (Å²) in [5.74, 6) is 1.18. The minimum Gasteiger partial charge on any atom is -0.339 e. The van der Waals surface area contributed by atoms with Crippen LogP contribution < -0.4 is 4.90 Å². The van der Waals surface area contributed by atoms with Crippen LogP contribution in [-0.4, -0.2) is 71.5 Å². The Morgan fingerprint density at radius 2 is 1.79 bits per heavy atom. The Hall–Kier alpha value is -2.20. The number of piperazine rings is 1. The van der Waals surface area contributed by atoms with E-state index < -0.39 is 0 Å². The smallest absolute Gasteiger partial charge is 0.225 e. The first-order chi connectivity index (χ1) is 11.8. The predicted octanol–water partition coefficient (Wildman–Crippen LogP) is 0.751. The molecule has 1 aromatic rings. The lowest BCUT2D eigenvalue weighted by molar-refractivity contribution is -0.137. The minimum atomic E-state index is 0.142. The van der Waals surface area contributed by atoms with Gasteiger partial charge in [0.1, 0.15) is 0 Å². The van der Waals surface area contributed by atoms with Crippen LogP contribution in [0, 0.1) is 17.2 Å². The maximum absolute atomic E-state index is 12.7. The Morgan fingerprint density at radius 3 is 2.42 bits per heavy atom. The third-order valence-corrected chi connectivity index (χ3v) is 4.90. The Balaban J connectivity index is 1.45. The van der Waals surface area contributed by atoms with E-state index in [1.54, 1.807) is 12.4 Å². The molecule has 0 spiro atoms. The van der Waals surface area contributed by atoms with Crippen LogP contribution in [-0.2, 0) is 4.79 Å². The molecule has 0 unspecified atom stereocenters. The standard InChI is InChI=1S/C17H24N6O/c18-5-1-8-21-9-3-15(4-10-21)16(24)22-11-13-23(14-12-22)17-19-6-2-7-20-17/h2,6-7,15H,1,3-4,8-14H2. The van der Waals surface area contributed by atoms with Crippen molar-refractivity contribution in [3.63, 3.8) is 0 Å². The van der Waals surface area contributed by atoms with Crippen molar-refractivity contribution in [1.82, 2.24) is 19.8 Å². The second-order valence-electron chi connectivity index (χ2n) is 6.39. The highest BCUT2D eigenvalue weighted by Gasteiger charge is 2.30. The van der Waals surface area contributed by atoms with Gasteiger partial charge in [0.15, 0.2) is 0 Å². The molecule has 2 fully saturated rings. The van der Waals surface area contributed by atoms with E-state index in [0.29, 0.717) is 12.3 Å². The Kier molecular flexibility index (Phi) is 5.59. The molecule has 0 N–H and O–H groups in total. The number of anilines is 1. The fraction of sp³-hybridized carbons (Fsp3) is 0.647. The molecule has 3 rings (SSSR count). The van der Waals surface area contributed by atoms with Gasteiger partial charge in [0.2, 0.25) is 11.9 Å². The summed E-state index contributed by atoms with van der Waals surface area (Å²) in [4.78, 5) is 27.7. The number of likely N-dealkylation sites (tertiary alicyclic amines) is 1. The van der Waals surface area contributed by atoms with Crippen LogP contribution in [0.3, 0.4) is 0 Å². The van der Waals surface area contributed by atoms with Gasteiger partial charge in [-0.3, -0.25) is 4.79 Å². The van der Waals surface area contributed by atoms with Crippen molar-refractivity contribution in [2.75, 3.05) is 50.7 Å². The number of nitriles is 1. The van der Waals surface area contributed by atoms with Crippen LogP contribution in [0.4, 0.5) is 5.95 Å². The zero-order chi connectivity index (χ0) is 16.8. The molecule has 7 nitrogen and oxygen atoms in total. The normalized spacial score (nSPS) is 20.0. The van der Waals surface area contributed by atoms with Crippen molar-refractivity contribution in [1.29, 1.82) is 5.26 Å². The van der Waals surface area contributed by atoms with Crippen molar-refractivity contribution in [2.45, 2.75) is 19.3 Å². The SMILES string of the molecule is N#CCCN1CCC(C(=O)N2CCN(c3ncccn3)CC2)CC1. The van der Waals surface area contributed by atoms with Crippen molar-refractivity contribution < 1.29 is 4.79 Å². The van der Waals surface area contributed by atoms with Crippen LogP contribution in [0.5, 0.6) is 0 Å². The van der Waals surface area contributed by atoms with Crippen molar-refractivity contribution >= 4 is 11.9 Å². The van der Waals surface area contributed by atoms with Gasteiger partial charge in [-0.05, 0) is 32.0 Å². The van der Waals surface area contributed by atoms with E-state index in [1.807, 2.05) is 11.0 Å². The van der Waals surface area contributed by atoms with Gasteiger partial charge in [-0.1, -0.05) is 0 Å². The average Bonchev–Trinajstić information content (AvgIpc) is 2.67. The predicted molar refractivity (Wildman–Crippen MR) is 90.2 cm³/mol. The molecule has 7 heteroatoms. The van der Waals surface area contributed by atoms with E-state index in [2.05, 4.69) is 25.8 Å².